The molecule has 0 aliphatic carbocycles. The van der Waals surface area contributed by atoms with Gasteiger partial charge in [0.25, 0.3) is 0 Å². The summed E-state index contributed by atoms with van der Waals surface area (Å²) in [5.74, 6) is -3.59. The van der Waals surface area contributed by atoms with Crippen molar-refractivity contribution in [2.75, 3.05) is 32.9 Å². The van der Waals surface area contributed by atoms with Crippen LogP contribution in [0.5, 0.6) is 0 Å². The van der Waals surface area contributed by atoms with Gasteiger partial charge in [-0.15, -0.1) is 0 Å². The Morgan fingerprint density at radius 3 is 2.15 bits per heavy atom. The molecule has 0 amide bonds. The van der Waals surface area contributed by atoms with Crippen molar-refractivity contribution in [2.24, 2.45) is 0 Å². The number of morpholine rings is 1. The van der Waals surface area contributed by atoms with Crippen molar-refractivity contribution in [1.82, 2.24) is 4.90 Å². The van der Waals surface area contributed by atoms with Gasteiger partial charge in [-0.25, -0.2) is 4.79 Å². The summed E-state index contributed by atoms with van der Waals surface area (Å²) in [7, 11) is 0. The summed E-state index contributed by atoms with van der Waals surface area (Å²) in [6, 6.07) is 9.16. The molecule has 0 aromatic heterocycles. The van der Waals surface area contributed by atoms with E-state index in [1.807, 2.05) is 35.2 Å². The number of aliphatic carboxylic acids is 2. The highest BCUT2D eigenvalue weighted by Crippen LogP contribution is 2.13. The van der Waals surface area contributed by atoms with Crippen LogP contribution in [-0.4, -0.2) is 72.2 Å². The Morgan fingerprint density at radius 2 is 1.69 bits per heavy atom. The van der Waals surface area contributed by atoms with Crippen molar-refractivity contribution < 1.29 is 42.4 Å². The van der Waals surface area contributed by atoms with Gasteiger partial charge in [-0.05, 0) is 5.56 Å². The van der Waals surface area contributed by atoms with Crippen molar-refractivity contribution >= 4 is 11.9 Å². The molecule has 0 unspecified atom stereocenters. The van der Waals surface area contributed by atoms with E-state index >= 15 is 0 Å². The number of carbonyl (C=O) groups is 2. The fraction of sp³-hybridized carbons (Fsp3) is 0.500. The zero-order valence-corrected chi connectivity index (χ0v) is 13.8. The maximum atomic E-state index is 11.3. The highest BCUT2D eigenvalue weighted by molar-refractivity contribution is 5.73. The van der Waals surface area contributed by atoms with Crippen LogP contribution in [0.2, 0.25) is 0 Å². The summed E-state index contributed by atoms with van der Waals surface area (Å²) in [6.07, 6.45) is -5.08. The molecule has 1 aromatic rings. The predicted molar refractivity (Wildman–Crippen MR) is 83.6 cm³/mol. The van der Waals surface area contributed by atoms with E-state index in [-0.39, 0.29) is 6.61 Å². The minimum atomic E-state index is -5.08. The summed E-state index contributed by atoms with van der Waals surface area (Å²) in [5, 5.41) is 16.4. The van der Waals surface area contributed by atoms with Crippen LogP contribution >= 0.6 is 0 Å². The number of hydrogen-bond donors (Lipinski definition) is 2. The number of halogens is 3. The molecule has 10 heteroatoms. The zero-order valence-electron chi connectivity index (χ0n) is 13.8. The third-order valence-electron chi connectivity index (χ3n) is 3.40. The normalized spacial score (nSPS) is 16.3. The van der Waals surface area contributed by atoms with Crippen LogP contribution in [0.4, 0.5) is 13.2 Å². The lowest BCUT2D eigenvalue weighted by Crippen LogP contribution is -2.49. The van der Waals surface area contributed by atoms with E-state index in [0.717, 1.165) is 5.56 Å². The van der Waals surface area contributed by atoms with Crippen molar-refractivity contribution in [3.05, 3.63) is 35.9 Å². The Hall–Kier alpha value is -2.17. The molecule has 1 aliphatic heterocycles. The maximum absolute atomic E-state index is 11.3. The van der Waals surface area contributed by atoms with E-state index in [1.54, 1.807) is 0 Å². The van der Waals surface area contributed by atoms with Gasteiger partial charge < -0.3 is 19.7 Å². The van der Waals surface area contributed by atoms with E-state index in [2.05, 4.69) is 0 Å². The number of carboxylic acids is 2. The third-order valence-corrected chi connectivity index (χ3v) is 3.40. The van der Waals surface area contributed by atoms with Gasteiger partial charge in [0.1, 0.15) is 6.04 Å². The second-order valence-electron chi connectivity index (χ2n) is 5.31. The molecule has 1 fully saturated rings. The molecule has 0 spiro atoms. The predicted octanol–water partition coefficient (Wildman–Crippen LogP) is 1.62. The Labute approximate surface area is 147 Å². The van der Waals surface area contributed by atoms with Gasteiger partial charge in [-0.1, -0.05) is 30.3 Å². The minimum Gasteiger partial charge on any atom is -0.480 e. The second-order valence-corrected chi connectivity index (χ2v) is 5.31. The van der Waals surface area contributed by atoms with Crippen molar-refractivity contribution in [3.8, 4) is 0 Å². The SMILES string of the molecule is O=C(O)C(F)(F)F.O=C(O)[C@H](COCc1ccccc1)N1CCOCC1. The number of benzene rings is 1. The van der Waals surface area contributed by atoms with Crippen LogP contribution in [0.25, 0.3) is 0 Å². The smallest absolute Gasteiger partial charge is 0.480 e. The van der Waals surface area contributed by atoms with Gasteiger partial charge >= 0.3 is 18.1 Å². The summed E-state index contributed by atoms with van der Waals surface area (Å²) in [4.78, 5) is 22.1. The molecular weight excluding hydrogens is 359 g/mol. The maximum Gasteiger partial charge on any atom is 0.490 e. The first-order valence-electron chi connectivity index (χ1n) is 7.68. The minimum absolute atomic E-state index is 0.199. The number of nitrogens with zero attached hydrogens (tertiary/aromatic N) is 1. The molecule has 26 heavy (non-hydrogen) atoms. The monoisotopic (exact) mass is 379 g/mol. The molecule has 2 rings (SSSR count). The number of rotatable bonds is 6. The average molecular weight is 379 g/mol. The molecule has 1 saturated heterocycles. The lowest BCUT2D eigenvalue weighted by Gasteiger charge is -2.31. The standard InChI is InChI=1S/C14H19NO4.C2HF3O2/c16-14(17)13(15-6-8-18-9-7-15)11-19-10-12-4-2-1-3-5-12;3-2(4,5)1(6)7/h1-5,13H,6-11H2,(H,16,17);(H,6,7)/t13-;/m0./s1. The molecule has 2 N–H and O–H groups in total. The lowest BCUT2D eigenvalue weighted by atomic mass is 10.2. The summed E-state index contributed by atoms with van der Waals surface area (Å²) in [5.41, 5.74) is 1.05. The van der Waals surface area contributed by atoms with Gasteiger partial charge in [0.2, 0.25) is 0 Å². The number of hydrogen-bond acceptors (Lipinski definition) is 5. The van der Waals surface area contributed by atoms with E-state index in [4.69, 9.17) is 19.4 Å². The Bertz CT molecular complexity index is 561. The third kappa shape index (κ3) is 8.28. The fourth-order valence-electron chi connectivity index (χ4n) is 2.08. The molecule has 0 radical (unpaired) electrons. The summed E-state index contributed by atoms with van der Waals surface area (Å²) >= 11 is 0. The summed E-state index contributed by atoms with van der Waals surface area (Å²) in [6.45, 7) is 3.10. The van der Waals surface area contributed by atoms with Gasteiger partial charge in [0.15, 0.2) is 0 Å². The van der Waals surface area contributed by atoms with Gasteiger partial charge in [0, 0.05) is 13.1 Å². The molecule has 1 aromatic carbocycles. The largest absolute Gasteiger partial charge is 0.490 e. The van der Waals surface area contributed by atoms with Crippen LogP contribution in [0.15, 0.2) is 30.3 Å². The van der Waals surface area contributed by atoms with Crippen molar-refractivity contribution in [2.45, 2.75) is 18.8 Å². The Kier molecular flexibility index (Phi) is 9.03. The number of carboxylic acid groups (broad SMARTS) is 2. The quantitative estimate of drug-likeness (QED) is 0.775. The van der Waals surface area contributed by atoms with E-state index in [1.165, 1.54) is 0 Å². The number of ether oxygens (including phenoxy) is 2. The fourth-order valence-corrected chi connectivity index (χ4v) is 2.08. The van der Waals surface area contributed by atoms with Crippen LogP contribution in [-0.2, 0) is 25.7 Å². The molecule has 1 heterocycles. The van der Waals surface area contributed by atoms with Gasteiger partial charge in [0.05, 0.1) is 26.4 Å². The zero-order chi connectivity index (χ0) is 19.6. The van der Waals surface area contributed by atoms with Crippen LogP contribution in [0.3, 0.4) is 0 Å². The highest BCUT2D eigenvalue weighted by Gasteiger charge is 2.38. The van der Waals surface area contributed by atoms with Crippen LogP contribution in [0.1, 0.15) is 5.56 Å². The summed E-state index contributed by atoms with van der Waals surface area (Å²) < 4.78 is 42.5. The van der Waals surface area contributed by atoms with Gasteiger partial charge in [-0.3, -0.25) is 9.69 Å². The van der Waals surface area contributed by atoms with E-state index in [0.29, 0.717) is 32.9 Å². The van der Waals surface area contributed by atoms with E-state index in [9.17, 15) is 23.1 Å². The lowest BCUT2D eigenvalue weighted by molar-refractivity contribution is -0.192. The number of alkyl halides is 3. The van der Waals surface area contributed by atoms with E-state index < -0.39 is 24.2 Å². The second kappa shape index (κ2) is 10.7. The highest BCUT2D eigenvalue weighted by atomic mass is 19.4. The molecule has 0 bridgehead atoms. The Balaban J connectivity index is 0.000000412. The first-order valence-corrected chi connectivity index (χ1v) is 7.68. The first-order chi connectivity index (χ1) is 12.2. The molecule has 1 atom stereocenters. The topological polar surface area (TPSA) is 96.3 Å². The van der Waals surface area contributed by atoms with Crippen molar-refractivity contribution in [1.29, 1.82) is 0 Å². The Morgan fingerprint density at radius 1 is 1.15 bits per heavy atom. The van der Waals surface area contributed by atoms with Crippen LogP contribution < -0.4 is 0 Å². The van der Waals surface area contributed by atoms with Gasteiger partial charge in [-0.2, -0.15) is 13.2 Å². The molecule has 146 valence electrons. The molecule has 0 saturated carbocycles. The molecule has 7 nitrogen and oxygen atoms in total. The molecular formula is C16H20F3NO6. The molecule has 1 aliphatic rings. The van der Waals surface area contributed by atoms with Crippen molar-refractivity contribution in [3.63, 3.8) is 0 Å². The average Bonchev–Trinajstić information content (AvgIpc) is 2.60. The van der Waals surface area contributed by atoms with Crippen LogP contribution in [0, 0.1) is 0 Å². The first kappa shape index (κ1) is 21.9.